The van der Waals surface area contributed by atoms with E-state index in [1.807, 2.05) is 67.8 Å². The highest BCUT2D eigenvalue weighted by Crippen LogP contribution is 2.21. The number of rotatable bonds is 8. The van der Waals surface area contributed by atoms with Crippen LogP contribution in [0.3, 0.4) is 0 Å². The molecule has 30 heavy (non-hydrogen) atoms. The summed E-state index contributed by atoms with van der Waals surface area (Å²) in [6, 6.07) is 16.4. The first-order valence-corrected chi connectivity index (χ1v) is 10.7. The van der Waals surface area contributed by atoms with Gasteiger partial charge in [-0.15, -0.1) is 10.2 Å². The van der Waals surface area contributed by atoms with Crippen molar-refractivity contribution in [1.82, 2.24) is 20.1 Å². The molecule has 1 heterocycles. The lowest BCUT2D eigenvalue weighted by atomic mass is 10.2. The zero-order chi connectivity index (χ0) is 21.5. The van der Waals surface area contributed by atoms with Gasteiger partial charge in [-0.05, 0) is 50.6 Å². The smallest absolute Gasteiger partial charge is 0.251 e. The van der Waals surface area contributed by atoms with E-state index >= 15 is 0 Å². The second kappa shape index (κ2) is 10.1. The van der Waals surface area contributed by atoms with Gasteiger partial charge in [-0.1, -0.05) is 42.1 Å². The van der Waals surface area contributed by atoms with Crippen molar-refractivity contribution >= 4 is 29.3 Å². The van der Waals surface area contributed by atoms with Gasteiger partial charge in [-0.25, -0.2) is 0 Å². The predicted octanol–water partition coefficient (Wildman–Crippen LogP) is 3.83. The molecule has 0 fully saturated rings. The summed E-state index contributed by atoms with van der Waals surface area (Å²) in [7, 11) is 0. The number of aryl methyl sites for hydroxylation is 1. The fourth-order valence-electron chi connectivity index (χ4n) is 3.01. The van der Waals surface area contributed by atoms with E-state index in [1.165, 1.54) is 11.8 Å². The van der Waals surface area contributed by atoms with Gasteiger partial charge in [0.1, 0.15) is 0 Å². The van der Waals surface area contributed by atoms with Crippen molar-refractivity contribution < 1.29 is 9.59 Å². The second-order valence-corrected chi connectivity index (χ2v) is 7.80. The molecule has 1 aromatic heterocycles. The van der Waals surface area contributed by atoms with Crippen LogP contribution in [-0.4, -0.2) is 32.3 Å². The van der Waals surface area contributed by atoms with Crippen molar-refractivity contribution in [2.75, 3.05) is 11.1 Å². The summed E-state index contributed by atoms with van der Waals surface area (Å²) in [5, 5.41) is 15.0. The molecule has 0 aliphatic carbocycles. The highest BCUT2D eigenvalue weighted by Gasteiger charge is 2.20. The average molecular weight is 424 g/mol. The first-order valence-electron chi connectivity index (χ1n) is 9.76. The first kappa shape index (κ1) is 21.6. The van der Waals surface area contributed by atoms with Crippen LogP contribution in [0.1, 0.15) is 41.6 Å². The third-order valence-electron chi connectivity index (χ3n) is 4.47. The monoisotopic (exact) mass is 423 g/mol. The number of carbonyl (C=O) groups excluding carboxylic acids is 2. The summed E-state index contributed by atoms with van der Waals surface area (Å²) in [5.74, 6) is 0.601. The van der Waals surface area contributed by atoms with Crippen LogP contribution in [-0.2, 0) is 11.3 Å². The van der Waals surface area contributed by atoms with Crippen LogP contribution in [0.4, 0.5) is 5.69 Å². The third-order valence-corrected chi connectivity index (χ3v) is 5.43. The Morgan fingerprint density at radius 1 is 1.10 bits per heavy atom. The Labute approximate surface area is 180 Å². The van der Waals surface area contributed by atoms with E-state index in [-0.39, 0.29) is 23.6 Å². The molecule has 1 atom stereocenters. The van der Waals surface area contributed by atoms with E-state index in [1.54, 1.807) is 12.1 Å². The van der Waals surface area contributed by atoms with Crippen molar-refractivity contribution in [3.8, 4) is 0 Å². The van der Waals surface area contributed by atoms with Gasteiger partial charge < -0.3 is 15.2 Å². The van der Waals surface area contributed by atoms with Crippen molar-refractivity contribution in [2.24, 2.45) is 0 Å². The highest BCUT2D eigenvalue weighted by molar-refractivity contribution is 7.99. The summed E-state index contributed by atoms with van der Waals surface area (Å²) >= 11 is 1.32. The number of aromatic nitrogens is 3. The molecule has 1 unspecified atom stereocenters. The van der Waals surface area contributed by atoms with Gasteiger partial charge in [-0.3, -0.25) is 9.59 Å². The van der Waals surface area contributed by atoms with Crippen LogP contribution in [0.2, 0.25) is 0 Å². The van der Waals surface area contributed by atoms with Crippen LogP contribution in [0, 0.1) is 6.92 Å². The van der Waals surface area contributed by atoms with Gasteiger partial charge in [0.05, 0.1) is 11.8 Å². The molecule has 3 aromatic rings. The summed E-state index contributed by atoms with van der Waals surface area (Å²) < 4.78 is 1.92. The lowest BCUT2D eigenvalue weighted by molar-refractivity contribution is -0.113. The average Bonchev–Trinajstić information content (AvgIpc) is 3.16. The number of hydrogen-bond donors (Lipinski definition) is 2. The van der Waals surface area contributed by atoms with Gasteiger partial charge in [0.15, 0.2) is 11.0 Å². The number of thioether (sulfide) groups is 1. The predicted molar refractivity (Wildman–Crippen MR) is 119 cm³/mol. The maximum absolute atomic E-state index is 12.4. The summed E-state index contributed by atoms with van der Waals surface area (Å²) in [5.41, 5.74) is 2.45. The lowest BCUT2D eigenvalue weighted by Crippen LogP contribution is -2.28. The molecule has 0 saturated heterocycles. The number of carbonyl (C=O) groups is 2. The van der Waals surface area contributed by atoms with Crippen molar-refractivity contribution in [3.63, 3.8) is 0 Å². The zero-order valence-electron chi connectivity index (χ0n) is 17.3. The maximum Gasteiger partial charge on any atom is 0.251 e. The minimum atomic E-state index is -0.319. The molecule has 0 radical (unpaired) electrons. The topological polar surface area (TPSA) is 88.9 Å². The fraction of sp³-hybridized carbons (Fsp3) is 0.273. The molecule has 2 aromatic carbocycles. The fourth-order valence-corrected chi connectivity index (χ4v) is 3.82. The van der Waals surface area contributed by atoms with Crippen molar-refractivity contribution in [2.45, 2.75) is 38.5 Å². The van der Waals surface area contributed by atoms with Crippen LogP contribution in [0.25, 0.3) is 0 Å². The first-order chi connectivity index (χ1) is 14.5. The van der Waals surface area contributed by atoms with Gasteiger partial charge in [0.2, 0.25) is 5.91 Å². The molecule has 3 rings (SSSR count). The summed E-state index contributed by atoms with van der Waals surface area (Å²) in [6.45, 7) is 6.47. The number of amides is 2. The molecule has 2 N–H and O–H groups in total. The minimum absolute atomic E-state index is 0.108. The van der Waals surface area contributed by atoms with Gasteiger partial charge in [0.25, 0.3) is 5.91 Å². The zero-order valence-corrected chi connectivity index (χ0v) is 18.1. The van der Waals surface area contributed by atoms with Gasteiger partial charge in [-0.2, -0.15) is 0 Å². The van der Waals surface area contributed by atoms with Crippen molar-refractivity contribution in [1.29, 1.82) is 0 Å². The molecule has 7 nitrogen and oxygen atoms in total. The van der Waals surface area contributed by atoms with E-state index in [4.69, 9.17) is 0 Å². The van der Waals surface area contributed by atoms with E-state index in [0.717, 1.165) is 11.3 Å². The van der Waals surface area contributed by atoms with Crippen LogP contribution in [0.15, 0.2) is 59.8 Å². The van der Waals surface area contributed by atoms with Gasteiger partial charge >= 0.3 is 0 Å². The van der Waals surface area contributed by atoms with Gasteiger partial charge in [0, 0.05) is 17.8 Å². The number of benzene rings is 2. The van der Waals surface area contributed by atoms with Crippen molar-refractivity contribution in [3.05, 3.63) is 71.5 Å². The molecule has 0 bridgehead atoms. The molecular weight excluding hydrogens is 398 g/mol. The minimum Gasteiger partial charge on any atom is -0.342 e. The second-order valence-electron chi connectivity index (χ2n) is 6.85. The Morgan fingerprint density at radius 3 is 2.57 bits per heavy atom. The molecular formula is C22H25N5O2S. The normalized spacial score (nSPS) is 11.7. The lowest BCUT2D eigenvalue weighted by Gasteiger charge is -2.15. The highest BCUT2D eigenvalue weighted by atomic mass is 32.2. The summed E-state index contributed by atoms with van der Waals surface area (Å²) in [4.78, 5) is 24.7. The van der Waals surface area contributed by atoms with Crippen LogP contribution < -0.4 is 10.6 Å². The third kappa shape index (κ3) is 5.48. The molecule has 156 valence electrons. The molecule has 0 saturated carbocycles. The molecule has 0 aliphatic heterocycles. The Morgan fingerprint density at radius 2 is 1.87 bits per heavy atom. The maximum atomic E-state index is 12.4. The van der Waals surface area contributed by atoms with Crippen LogP contribution >= 0.6 is 11.8 Å². The quantitative estimate of drug-likeness (QED) is 0.538. The standard InChI is InChI=1S/C22H25N5O2S/c1-4-27-20(16(3)23-21(29)17-10-6-5-7-11-17)25-26-22(27)30-14-19(28)24-18-12-8-9-15(2)13-18/h5-13,16H,4,14H2,1-3H3,(H,23,29)(H,24,28). The number of nitrogens with zero attached hydrogens (tertiary/aromatic N) is 3. The number of nitrogens with one attached hydrogen (secondary N) is 2. The molecule has 0 spiro atoms. The Bertz CT molecular complexity index is 1020. The molecule has 2 amide bonds. The van der Waals surface area contributed by atoms with E-state index in [9.17, 15) is 9.59 Å². The molecule has 8 heteroatoms. The number of hydrogen-bond acceptors (Lipinski definition) is 5. The largest absolute Gasteiger partial charge is 0.342 e. The number of anilines is 1. The van der Waals surface area contributed by atoms with E-state index in [2.05, 4.69) is 20.8 Å². The SMILES string of the molecule is CCn1c(SCC(=O)Nc2cccc(C)c2)nnc1C(C)NC(=O)c1ccccc1. The summed E-state index contributed by atoms with van der Waals surface area (Å²) in [6.07, 6.45) is 0. The van der Waals surface area contributed by atoms with E-state index in [0.29, 0.717) is 23.1 Å². The Hall–Kier alpha value is -3.13. The van der Waals surface area contributed by atoms with E-state index < -0.39 is 0 Å². The Kier molecular flexibility index (Phi) is 7.24. The molecule has 0 aliphatic rings. The van der Waals surface area contributed by atoms with Crippen LogP contribution in [0.5, 0.6) is 0 Å². The Balaban J connectivity index is 1.62.